The van der Waals surface area contributed by atoms with Gasteiger partial charge in [-0.25, -0.2) is 4.98 Å². The fourth-order valence-corrected chi connectivity index (χ4v) is 3.24. The van der Waals surface area contributed by atoms with Crippen molar-refractivity contribution in [2.75, 3.05) is 13.2 Å². The molecule has 0 bridgehead atoms. The molecule has 0 saturated carbocycles. The minimum atomic E-state index is -0.473. The highest BCUT2D eigenvalue weighted by Gasteiger charge is 2.23. The monoisotopic (exact) mass is 357 g/mol. The first-order valence-electron chi connectivity index (χ1n) is 8.97. The lowest BCUT2D eigenvalue weighted by Gasteiger charge is -2.33. The van der Waals surface area contributed by atoms with Crippen LogP contribution >= 0.6 is 0 Å². The van der Waals surface area contributed by atoms with Crippen molar-refractivity contribution in [2.45, 2.75) is 45.1 Å². The first-order valence-corrected chi connectivity index (χ1v) is 8.97. The number of nitrogens with one attached hydrogen (secondary N) is 1. The molecule has 26 heavy (non-hydrogen) atoms. The number of H-pyrrole nitrogens is 1. The number of aromatic nitrogens is 2. The van der Waals surface area contributed by atoms with Gasteiger partial charge in [-0.2, -0.15) is 0 Å². The van der Waals surface area contributed by atoms with Gasteiger partial charge in [-0.1, -0.05) is 12.1 Å². The predicted molar refractivity (Wildman–Crippen MR) is 96.7 cm³/mol. The zero-order valence-electron chi connectivity index (χ0n) is 14.9. The number of piperidine rings is 1. The molecule has 1 aromatic carbocycles. The summed E-state index contributed by atoms with van der Waals surface area (Å²) in [6, 6.07) is 7.23. The second-order valence-corrected chi connectivity index (χ2v) is 6.62. The van der Waals surface area contributed by atoms with Crippen molar-refractivity contribution in [1.29, 1.82) is 0 Å². The Bertz CT molecular complexity index is 861. The van der Waals surface area contributed by atoms with Crippen LogP contribution in [0, 0.1) is 0 Å². The number of benzene rings is 1. The van der Waals surface area contributed by atoms with Crippen LogP contribution in [0.1, 0.15) is 38.4 Å². The molecule has 1 aliphatic rings. The maximum Gasteiger partial charge on any atom is 0.306 e. The van der Waals surface area contributed by atoms with Crippen LogP contribution in [0.4, 0.5) is 0 Å². The molecule has 1 aromatic heterocycles. The third kappa shape index (κ3) is 4.28. The van der Waals surface area contributed by atoms with Crippen LogP contribution in [0.2, 0.25) is 0 Å². The number of ether oxygens (including phenoxy) is 1. The molecule has 1 atom stereocenters. The third-order valence-electron chi connectivity index (χ3n) is 4.71. The minimum Gasteiger partial charge on any atom is -0.456 e. The molecule has 0 aliphatic carbocycles. The Morgan fingerprint density at radius 1 is 1.31 bits per heavy atom. The third-order valence-corrected chi connectivity index (χ3v) is 4.71. The Hall–Kier alpha value is -2.70. The van der Waals surface area contributed by atoms with Crippen molar-refractivity contribution in [3.8, 4) is 0 Å². The molecule has 0 unspecified atom stereocenters. The number of aromatic amines is 1. The van der Waals surface area contributed by atoms with Gasteiger partial charge in [0.15, 0.2) is 6.61 Å². The number of carbonyl (C=O) groups is 2. The predicted octanol–water partition coefficient (Wildman–Crippen LogP) is 1.80. The molecule has 1 fully saturated rings. The average Bonchev–Trinajstić information content (AvgIpc) is 2.65. The van der Waals surface area contributed by atoms with Crippen LogP contribution in [0.5, 0.6) is 0 Å². The first-order chi connectivity index (χ1) is 12.5. The number of rotatable bonds is 5. The van der Waals surface area contributed by atoms with Crippen LogP contribution < -0.4 is 5.56 Å². The highest BCUT2D eigenvalue weighted by atomic mass is 16.5. The van der Waals surface area contributed by atoms with Gasteiger partial charge in [0.1, 0.15) is 5.82 Å². The summed E-state index contributed by atoms with van der Waals surface area (Å²) >= 11 is 0. The number of hydrogen-bond donors (Lipinski definition) is 1. The molecule has 138 valence electrons. The number of amides is 1. The summed E-state index contributed by atoms with van der Waals surface area (Å²) in [6.45, 7) is 2.51. The molecular formula is C19H23N3O4. The minimum absolute atomic E-state index is 0.0596. The van der Waals surface area contributed by atoms with E-state index in [2.05, 4.69) is 9.97 Å². The summed E-state index contributed by atoms with van der Waals surface area (Å²) in [4.78, 5) is 44.9. The molecule has 1 N–H and O–H groups in total. The lowest BCUT2D eigenvalue weighted by molar-refractivity contribution is -0.153. The Morgan fingerprint density at radius 2 is 2.12 bits per heavy atom. The summed E-state index contributed by atoms with van der Waals surface area (Å²) in [5.74, 6) is -0.191. The Balaban J connectivity index is 1.51. The van der Waals surface area contributed by atoms with E-state index in [1.165, 1.54) is 0 Å². The molecule has 1 amide bonds. The van der Waals surface area contributed by atoms with E-state index in [4.69, 9.17) is 4.74 Å². The number of fused-ring (bicyclic) bond motifs is 1. The summed E-state index contributed by atoms with van der Waals surface area (Å²) < 4.78 is 5.09. The van der Waals surface area contributed by atoms with Gasteiger partial charge in [0.05, 0.1) is 17.3 Å². The van der Waals surface area contributed by atoms with Gasteiger partial charge in [-0.3, -0.25) is 14.4 Å². The molecular weight excluding hydrogens is 334 g/mol. The Labute approximate surface area is 151 Å². The number of carbonyl (C=O) groups excluding carboxylic acids is 2. The fraction of sp³-hybridized carbons (Fsp3) is 0.474. The largest absolute Gasteiger partial charge is 0.456 e. The zero-order chi connectivity index (χ0) is 18.5. The number of likely N-dealkylation sites (tertiary alicyclic amines) is 1. The lowest BCUT2D eigenvalue weighted by Crippen LogP contribution is -2.44. The maximum absolute atomic E-state index is 12.2. The molecule has 1 saturated heterocycles. The Kier molecular flexibility index (Phi) is 5.65. The van der Waals surface area contributed by atoms with E-state index in [1.807, 2.05) is 6.92 Å². The van der Waals surface area contributed by atoms with E-state index >= 15 is 0 Å². The standard InChI is InChI=1S/C19H23N3O4/c1-13-6-4-5-11-22(13)17(23)12-26-18(24)10-9-16-20-15-8-3-2-7-14(15)19(25)21-16/h2-3,7-8,13H,4-6,9-12H2,1H3,(H,20,21,25)/t13-/m0/s1. The summed E-state index contributed by atoms with van der Waals surface area (Å²) in [5, 5.41) is 0.514. The molecule has 3 rings (SSSR count). The van der Waals surface area contributed by atoms with E-state index in [0.29, 0.717) is 16.7 Å². The van der Waals surface area contributed by atoms with Crippen molar-refractivity contribution in [3.05, 3.63) is 40.4 Å². The highest BCUT2D eigenvalue weighted by molar-refractivity contribution is 5.81. The van der Waals surface area contributed by atoms with Gasteiger partial charge in [-0.05, 0) is 38.3 Å². The summed E-state index contributed by atoms with van der Waals surface area (Å²) in [5.41, 5.74) is 0.363. The van der Waals surface area contributed by atoms with E-state index in [1.54, 1.807) is 29.2 Å². The number of esters is 1. The first kappa shape index (κ1) is 18.1. The number of aryl methyl sites for hydroxylation is 1. The van der Waals surface area contributed by atoms with Crippen molar-refractivity contribution in [3.63, 3.8) is 0 Å². The van der Waals surface area contributed by atoms with Crippen LogP contribution in [-0.4, -0.2) is 45.9 Å². The molecule has 0 radical (unpaired) electrons. The number of para-hydroxylation sites is 1. The van der Waals surface area contributed by atoms with Gasteiger partial charge in [0, 0.05) is 19.0 Å². The second-order valence-electron chi connectivity index (χ2n) is 6.62. The normalized spacial score (nSPS) is 17.3. The number of hydrogen-bond acceptors (Lipinski definition) is 5. The number of nitrogens with zero attached hydrogens (tertiary/aromatic N) is 2. The fourth-order valence-electron chi connectivity index (χ4n) is 3.24. The quantitative estimate of drug-likeness (QED) is 0.824. The van der Waals surface area contributed by atoms with Crippen LogP contribution in [0.3, 0.4) is 0 Å². The van der Waals surface area contributed by atoms with Crippen LogP contribution in [0.25, 0.3) is 10.9 Å². The van der Waals surface area contributed by atoms with Gasteiger partial charge in [0.2, 0.25) is 0 Å². The van der Waals surface area contributed by atoms with Gasteiger partial charge in [0.25, 0.3) is 11.5 Å². The van der Waals surface area contributed by atoms with Crippen molar-refractivity contribution in [1.82, 2.24) is 14.9 Å². The molecule has 0 spiro atoms. The van der Waals surface area contributed by atoms with E-state index in [0.717, 1.165) is 25.8 Å². The zero-order valence-corrected chi connectivity index (χ0v) is 14.9. The van der Waals surface area contributed by atoms with E-state index in [-0.39, 0.29) is 37.0 Å². The molecule has 7 nitrogen and oxygen atoms in total. The van der Waals surface area contributed by atoms with Crippen molar-refractivity contribution in [2.24, 2.45) is 0 Å². The maximum atomic E-state index is 12.2. The van der Waals surface area contributed by atoms with Gasteiger partial charge < -0.3 is 14.6 Å². The summed E-state index contributed by atoms with van der Waals surface area (Å²) in [6.07, 6.45) is 3.42. The molecule has 7 heteroatoms. The van der Waals surface area contributed by atoms with Gasteiger partial charge >= 0.3 is 5.97 Å². The Morgan fingerprint density at radius 3 is 2.92 bits per heavy atom. The lowest BCUT2D eigenvalue weighted by atomic mass is 10.0. The molecule has 1 aliphatic heterocycles. The van der Waals surface area contributed by atoms with E-state index < -0.39 is 5.97 Å². The van der Waals surface area contributed by atoms with Crippen molar-refractivity contribution < 1.29 is 14.3 Å². The topological polar surface area (TPSA) is 92.4 Å². The van der Waals surface area contributed by atoms with Crippen LogP contribution in [-0.2, 0) is 20.7 Å². The average molecular weight is 357 g/mol. The molecule has 2 heterocycles. The summed E-state index contributed by atoms with van der Waals surface area (Å²) in [7, 11) is 0. The SMILES string of the molecule is C[C@H]1CCCCN1C(=O)COC(=O)CCc1nc2ccccc2c(=O)[nH]1. The smallest absolute Gasteiger partial charge is 0.306 e. The molecule has 2 aromatic rings. The van der Waals surface area contributed by atoms with E-state index in [9.17, 15) is 14.4 Å². The highest BCUT2D eigenvalue weighted by Crippen LogP contribution is 2.16. The van der Waals surface area contributed by atoms with Crippen LogP contribution in [0.15, 0.2) is 29.1 Å². The second kappa shape index (κ2) is 8.12. The van der Waals surface area contributed by atoms with Gasteiger partial charge in [-0.15, -0.1) is 0 Å². The van der Waals surface area contributed by atoms with Crippen molar-refractivity contribution >= 4 is 22.8 Å².